The van der Waals surface area contributed by atoms with Crippen LogP contribution in [0.15, 0.2) is 48.5 Å². The lowest BCUT2D eigenvalue weighted by Gasteiger charge is -2.39. The number of methoxy groups -OCH3 is 2. The van der Waals surface area contributed by atoms with Gasteiger partial charge >= 0.3 is 6.03 Å². The van der Waals surface area contributed by atoms with Crippen LogP contribution in [-0.2, 0) is 13.9 Å². The number of likely N-dealkylation sites (tertiary alicyclic amines) is 1. The number of hydrogen-bond acceptors (Lipinski definition) is 7. The maximum absolute atomic E-state index is 14.2. The van der Waals surface area contributed by atoms with Gasteiger partial charge in [0.1, 0.15) is 18.5 Å². The molecule has 1 aliphatic rings. The second-order valence-corrected chi connectivity index (χ2v) is 18.3. The zero-order valence-corrected chi connectivity index (χ0v) is 29.7. The van der Waals surface area contributed by atoms with Crippen molar-refractivity contribution in [3.05, 3.63) is 71.3 Å². The Morgan fingerprint density at radius 3 is 2.40 bits per heavy atom. The lowest BCUT2D eigenvalue weighted by molar-refractivity contribution is 0.0384. The molecule has 2 N–H and O–H groups in total. The topological polar surface area (TPSA) is 99.1 Å². The molecule has 2 heterocycles. The number of nitrogens with zero attached hydrogens (tertiary/aromatic N) is 3. The number of hydrogen-bond donors (Lipinski definition) is 2. The van der Waals surface area contributed by atoms with Crippen LogP contribution in [0, 0.1) is 18.6 Å². The van der Waals surface area contributed by atoms with Crippen LogP contribution < -0.4 is 15.4 Å². The summed E-state index contributed by atoms with van der Waals surface area (Å²) in [6, 6.07) is 12.5. The molecule has 1 fully saturated rings. The van der Waals surface area contributed by atoms with Gasteiger partial charge in [0.15, 0.2) is 20.0 Å². The smallest absolute Gasteiger partial charge is 0.320 e. The molecule has 3 aromatic rings. The number of carbonyl (C=O) groups is 1. The first-order valence-electron chi connectivity index (χ1n) is 15.9. The standard InChI is InChI=1S/C34H49F2N5O5Si/c1-23-31(38-33(42)37-30-20-40(16-17-43-5)19-27(30)24-14-15-28(35)29(36)18-24)41(25-12-10-9-11-13-25)39-32(23)45-22-26(21-44-6)46-47(7,8)34(2,3)4/h9-15,18,26-27,30H,16-17,19-22H2,1-8H3,(H2,37,38,42)/t26-,27+,30-/m1/s1. The number of anilines is 1. The molecule has 4 rings (SSSR count). The van der Waals surface area contributed by atoms with Gasteiger partial charge in [0.25, 0.3) is 0 Å². The molecule has 2 aromatic carbocycles. The number of carbonyl (C=O) groups excluding carboxylic acids is 1. The van der Waals surface area contributed by atoms with E-state index in [9.17, 15) is 13.6 Å². The molecular formula is C34H49F2N5O5Si. The third kappa shape index (κ3) is 9.17. The summed E-state index contributed by atoms with van der Waals surface area (Å²) < 4.78 is 53.1. The zero-order valence-electron chi connectivity index (χ0n) is 28.7. The number of nitrogens with one attached hydrogen (secondary N) is 2. The number of aromatic nitrogens is 2. The molecular weight excluding hydrogens is 624 g/mol. The van der Waals surface area contributed by atoms with E-state index in [0.29, 0.717) is 55.7 Å². The maximum atomic E-state index is 14.2. The average molecular weight is 674 g/mol. The summed E-state index contributed by atoms with van der Waals surface area (Å²) in [5, 5.41) is 10.8. The molecule has 0 bridgehead atoms. The van der Waals surface area contributed by atoms with E-state index < -0.39 is 26.0 Å². The van der Waals surface area contributed by atoms with Gasteiger partial charge in [-0.2, -0.15) is 0 Å². The molecule has 0 radical (unpaired) electrons. The highest BCUT2D eigenvalue weighted by Crippen LogP contribution is 2.38. The van der Waals surface area contributed by atoms with E-state index in [4.69, 9.17) is 23.7 Å². The fourth-order valence-electron chi connectivity index (χ4n) is 5.41. The Morgan fingerprint density at radius 1 is 1.04 bits per heavy atom. The Morgan fingerprint density at radius 2 is 1.77 bits per heavy atom. The molecule has 1 aliphatic heterocycles. The third-order valence-electron chi connectivity index (χ3n) is 9.03. The summed E-state index contributed by atoms with van der Waals surface area (Å²) in [5.74, 6) is -1.29. The van der Waals surface area contributed by atoms with Gasteiger partial charge in [-0.3, -0.25) is 10.2 Å². The van der Waals surface area contributed by atoms with Crippen LogP contribution in [0.3, 0.4) is 0 Å². The van der Waals surface area contributed by atoms with Crippen LogP contribution in [0.2, 0.25) is 18.1 Å². The van der Waals surface area contributed by atoms with Gasteiger partial charge in [0.05, 0.1) is 30.5 Å². The Balaban J connectivity index is 1.56. The predicted molar refractivity (Wildman–Crippen MR) is 181 cm³/mol. The van der Waals surface area contributed by atoms with Crippen molar-refractivity contribution in [2.45, 2.75) is 63.9 Å². The van der Waals surface area contributed by atoms with E-state index in [2.05, 4.69) is 49.4 Å². The van der Waals surface area contributed by atoms with E-state index in [-0.39, 0.29) is 29.7 Å². The van der Waals surface area contributed by atoms with Gasteiger partial charge in [0, 0.05) is 39.8 Å². The monoisotopic (exact) mass is 673 g/mol. The van der Waals surface area contributed by atoms with Crippen LogP contribution >= 0.6 is 0 Å². The van der Waals surface area contributed by atoms with Crippen LogP contribution in [0.4, 0.5) is 19.4 Å². The Labute approximate surface area is 277 Å². The van der Waals surface area contributed by atoms with Crippen molar-refractivity contribution in [3.8, 4) is 11.6 Å². The number of halogens is 2. The van der Waals surface area contributed by atoms with Crippen molar-refractivity contribution in [2.75, 3.05) is 59.0 Å². The summed E-state index contributed by atoms with van der Waals surface area (Å²) >= 11 is 0. The minimum absolute atomic E-state index is 0.0121. The molecule has 3 atom stereocenters. The molecule has 0 unspecified atom stereocenters. The summed E-state index contributed by atoms with van der Waals surface area (Å²) in [5.41, 5.74) is 1.98. The van der Waals surface area contributed by atoms with E-state index in [1.807, 2.05) is 37.3 Å². The highest BCUT2D eigenvalue weighted by Gasteiger charge is 2.40. The van der Waals surface area contributed by atoms with E-state index in [0.717, 1.165) is 11.8 Å². The highest BCUT2D eigenvalue weighted by atomic mass is 28.4. The molecule has 13 heteroatoms. The van der Waals surface area contributed by atoms with Gasteiger partial charge in [-0.25, -0.2) is 18.3 Å². The average Bonchev–Trinajstić information content (AvgIpc) is 3.56. The first kappa shape index (κ1) is 36.5. The summed E-state index contributed by atoms with van der Waals surface area (Å²) in [6.07, 6.45) is -0.307. The molecule has 47 heavy (non-hydrogen) atoms. The van der Waals surface area contributed by atoms with Crippen molar-refractivity contribution in [2.24, 2.45) is 0 Å². The molecule has 0 aliphatic carbocycles. The minimum Gasteiger partial charge on any atom is -0.474 e. The largest absolute Gasteiger partial charge is 0.474 e. The number of para-hydroxylation sites is 1. The number of benzene rings is 2. The number of amides is 2. The van der Waals surface area contributed by atoms with Gasteiger partial charge in [-0.1, -0.05) is 45.0 Å². The van der Waals surface area contributed by atoms with Gasteiger partial charge in [0.2, 0.25) is 5.88 Å². The van der Waals surface area contributed by atoms with E-state index >= 15 is 0 Å². The molecule has 1 saturated heterocycles. The van der Waals surface area contributed by atoms with Crippen LogP contribution in [0.5, 0.6) is 5.88 Å². The fourth-order valence-corrected chi connectivity index (χ4v) is 6.73. The van der Waals surface area contributed by atoms with Crippen molar-refractivity contribution in [1.82, 2.24) is 20.0 Å². The number of ether oxygens (including phenoxy) is 3. The second-order valence-electron chi connectivity index (χ2n) is 13.5. The summed E-state index contributed by atoms with van der Waals surface area (Å²) in [6.45, 7) is 15.5. The molecule has 1 aromatic heterocycles. The Kier molecular flexibility index (Phi) is 12.2. The van der Waals surface area contributed by atoms with Gasteiger partial charge in [-0.05, 0) is 54.9 Å². The van der Waals surface area contributed by atoms with Crippen LogP contribution in [0.25, 0.3) is 5.69 Å². The molecule has 0 saturated carbocycles. The quantitative estimate of drug-likeness (QED) is 0.199. The van der Waals surface area contributed by atoms with E-state index in [1.165, 1.54) is 6.07 Å². The predicted octanol–water partition coefficient (Wildman–Crippen LogP) is 6.11. The first-order valence-corrected chi connectivity index (χ1v) is 18.8. The lowest BCUT2D eigenvalue weighted by Crippen LogP contribution is -2.46. The Hall–Kier alpha value is -3.36. The molecule has 0 spiro atoms. The SMILES string of the molecule is COCCN1C[C@@H](NC(=O)Nc2c(C)c(OC[C@@H](COC)O[Si](C)(C)C(C)(C)C)nn2-c2ccccc2)[C@H](c2ccc(F)c(F)c2)C1. The summed E-state index contributed by atoms with van der Waals surface area (Å²) in [7, 11) is 1.16. The second kappa shape index (κ2) is 15.7. The molecule has 2 amide bonds. The number of rotatable bonds is 14. The molecule has 10 nitrogen and oxygen atoms in total. The molecule has 258 valence electrons. The first-order chi connectivity index (χ1) is 22.2. The highest BCUT2D eigenvalue weighted by molar-refractivity contribution is 6.74. The third-order valence-corrected chi connectivity index (χ3v) is 13.6. The van der Waals surface area contributed by atoms with Crippen molar-refractivity contribution < 1.29 is 32.2 Å². The van der Waals surface area contributed by atoms with Gasteiger partial charge in [-0.15, -0.1) is 5.10 Å². The normalized spacial score (nSPS) is 17.9. The van der Waals surface area contributed by atoms with Crippen LogP contribution in [0.1, 0.15) is 37.8 Å². The van der Waals surface area contributed by atoms with Crippen molar-refractivity contribution in [3.63, 3.8) is 0 Å². The Bertz CT molecular complexity index is 1480. The van der Waals surface area contributed by atoms with Crippen molar-refractivity contribution >= 4 is 20.2 Å². The summed E-state index contributed by atoms with van der Waals surface area (Å²) in [4.78, 5) is 15.8. The lowest BCUT2D eigenvalue weighted by atomic mass is 9.94. The van der Waals surface area contributed by atoms with Crippen LogP contribution in [-0.4, -0.2) is 94.8 Å². The van der Waals surface area contributed by atoms with E-state index in [1.54, 1.807) is 25.0 Å². The maximum Gasteiger partial charge on any atom is 0.320 e. The van der Waals surface area contributed by atoms with Gasteiger partial charge < -0.3 is 24.0 Å². The minimum atomic E-state index is -2.10. The van der Waals surface area contributed by atoms with Crippen molar-refractivity contribution in [1.29, 1.82) is 0 Å². The number of urea groups is 1. The fraction of sp³-hybridized carbons (Fsp3) is 0.529. The zero-order chi connectivity index (χ0) is 34.4.